The van der Waals surface area contributed by atoms with Crippen LogP contribution >= 0.6 is 0 Å². The van der Waals surface area contributed by atoms with E-state index in [2.05, 4.69) is 11.9 Å². The predicted octanol–water partition coefficient (Wildman–Crippen LogP) is 2.53. The van der Waals surface area contributed by atoms with E-state index in [9.17, 15) is 4.79 Å². The molecule has 0 saturated heterocycles. The van der Waals surface area contributed by atoms with Gasteiger partial charge >= 0.3 is 0 Å². The van der Waals surface area contributed by atoms with E-state index in [1.165, 1.54) is 0 Å². The molecule has 1 aromatic rings. The molecule has 0 radical (unpaired) electrons. The van der Waals surface area contributed by atoms with Gasteiger partial charge in [0.1, 0.15) is 17.3 Å². The summed E-state index contributed by atoms with van der Waals surface area (Å²) in [5.74, 6) is 2.33. The summed E-state index contributed by atoms with van der Waals surface area (Å²) in [6.45, 7) is 2.75. The lowest BCUT2D eigenvalue weighted by atomic mass is 9.93. The van der Waals surface area contributed by atoms with Crippen molar-refractivity contribution in [2.24, 2.45) is 0 Å². The molecule has 0 aliphatic heterocycles. The fourth-order valence-corrected chi connectivity index (χ4v) is 2.32. The van der Waals surface area contributed by atoms with Crippen molar-refractivity contribution >= 4 is 5.78 Å². The van der Waals surface area contributed by atoms with Gasteiger partial charge in [-0.15, -0.1) is 0 Å². The summed E-state index contributed by atoms with van der Waals surface area (Å²) in [6.07, 6.45) is 3.63. The van der Waals surface area contributed by atoms with Gasteiger partial charge in [-0.1, -0.05) is 0 Å². The Hall–Kier alpha value is -1.09. The number of Topliss-reactive ketones (excluding diaryl/α,β-unsaturated/α-hetero) is 1. The summed E-state index contributed by atoms with van der Waals surface area (Å²) >= 11 is 0. The molecule has 0 amide bonds. The summed E-state index contributed by atoms with van der Waals surface area (Å²) in [5, 5.41) is 0. The summed E-state index contributed by atoms with van der Waals surface area (Å²) in [7, 11) is 2.07. The van der Waals surface area contributed by atoms with E-state index in [0.717, 1.165) is 37.3 Å². The molecule has 1 fully saturated rings. The molecule has 1 aliphatic rings. The third-order valence-corrected chi connectivity index (χ3v) is 3.28. The molecule has 1 heterocycles. The van der Waals surface area contributed by atoms with Crippen molar-refractivity contribution in [3.63, 3.8) is 0 Å². The third kappa shape index (κ3) is 2.73. The maximum Gasteiger partial charge on any atom is 0.134 e. The minimum absolute atomic E-state index is 0.395. The standard InChI is InChI=1S/C13H19NO2/c1-10-6-7-13(16-10)9-14(2)11-4-3-5-12(15)8-11/h6-7,11H,3-5,8-9H2,1-2H3. The van der Waals surface area contributed by atoms with Crippen LogP contribution in [0.5, 0.6) is 0 Å². The Balaban J connectivity index is 1.92. The van der Waals surface area contributed by atoms with Crippen molar-refractivity contribution in [3.8, 4) is 0 Å². The Bertz CT molecular complexity index is 370. The largest absolute Gasteiger partial charge is 0.465 e. The quantitative estimate of drug-likeness (QED) is 0.786. The Morgan fingerprint density at radius 1 is 1.50 bits per heavy atom. The molecule has 0 spiro atoms. The van der Waals surface area contributed by atoms with Crippen LogP contribution in [-0.4, -0.2) is 23.8 Å². The maximum atomic E-state index is 11.4. The summed E-state index contributed by atoms with van der Waals surface area (Å²) in [5.41, 5.74) is 0. The van der Waals surface area contributed by atoms with Crippen LogP contribution in [0.15, 0.2) is 16.5 Å². The second kappa shape index (κ2) is 4.83. The number of carbonyl (C=O) groups is 1. The van der Waals surface area contributed by atoms with Crippen LogP contribution in [0.2, 0.25) is 0 Å². The molecule has 0 N–H and O–H groups in total. The third-order valence-electron chi connectivity index (χ3n) is 3.28. The molecule has 0 aromatic carbocycles. The number of hydrogen-bond acceptors (Lipinski definition) is 3. The molecule has 3 nitrogen and oxygen atoms in total. The van der Waals surface area contributed by atoms with E-state index < -0.39 is 0 Å². The Morgan fingerprint density at radius 2 is 2.31 bits per heavy atom. The average Bonchev–Trinajstić information content (AvgIpc) is 2.64. The SMILES string of the molecule is Cc1ccc(CN(C)C2CCCC(=O)C2)o1. The van der Waals surface area contributed by atoms with E-state index in [-0.39, 0.29) is 0 Å². The number of hydrogen-bond donors (Lipinski definition) is 0. The highest BCUT2D eigenvalue weighted by Gasteiger charge is 2.23. The highest BCUT2D eigenvalue weighted by Crippen LogP contribution is 2.21. The minimum Gasteiger partial charge on any atom is -0.465 e. The number of ketones is 1. The molecule has 3 heteroatoms. The van der Waals surface area contributed by atoms with Crippen molar-refractivity contribution in [3.05, 3.63) is 23.7 Å². The number of aryl methyl sites for hydroxylation is 1. The summed E-state index contributed by atoms with van der Waals surface area (Å²) in [4.78, 5) is 13.6. The van der Waals surface area contributed by atoms with Gasteiger partial charge < -0.3 is 4.42 Å². The lowest BCUT2D eigenvalue weighted by molar-refractivity contribution is -0.121. The monoisotopic (exact) mass is 221 g/mol. The predicted molar refractivity (Wildman–Crippen MR) is 62.2 cm³/mol. The second-order valence-electron chi connectivity index (χ2n) is 4.72. The zero-order chi connectivity index (χ0) is 11.5. The summed E-state index contributed by atoms with van der Waals surface area (Å²) in [6, 6.07) is 4.39. The Morgan fingerprint density at radius 3 is 2.94 bits per heavy atom. The van der Waals surface area contributed by atoms with Crippen molar-refractivity contribution < 1.29 is 9.21 Å². The number of furan rings is 1. The second-order valence-corrected chi connectivity index (χ2v) is 4.72. The Kier molecular flexibility index (Phi) is 3.44. The van der Waals surface area contributed by atoms with Crippen LogP contribution in [-0.2, 0) is 11.3 Å². The lowest BCUT2D eigenvalue weighted by Crippen LogP contribution is -2.35. The fraction of sp³-hybridized carbons (Fsp3) is 0.615. The molecular formula is C13H19NO2. The van der Waals surface area contributed by atoms with Crippen LogP contribution in [0.4, 0.5) is 0 Å². The molecule has 0 bridgehead atoms. The van der Waals surface area contributed by atoms with Gasteiger partial charge in [0.15, 0.2) is 0 Å². The first-order valence-corrected chi connectivity index (χ1v) is 5.92. The van der Waals surface area contributed by atoms with Crippen molar-refractivity contribution in [1.82, 2.24) is 4.90 Å². The van der Waals surface area contributed by atoms with Gasteiger partial charge in [-0.2, -0.15) is 0 Å². The molecule has 16 heavy (non-hydrogen) atoms. The van der Waals surface area contributed by atoms with Crippen molar-refractivity contribution in [1.29, 1.82) is 0 Å². The van der Waals surface area contributed by atoms with Gasteiger partial charge in [0, 0.05) is 18.9 Å². The topological polar surface area (TPSA) is 33.5 Å². The molecule has 1 atom stereocenters. The van der Waals surface area contributed by atoms with Gasteiger partial charge in [0.05, 0.1) is 6.54 Å². The summed E-state index contributed by atoms with van der Waals surface area (Å²) < 4.78 is 5.55. The van der Waals surface area contributed by atoms with E-state index in [4.69, 9.17) is 4.42 Å². The van der Waals surface area contributed by atoms with Gasteiger partial charge in [-0.3, -0.25) is 9.69 Å². The lowest BCUT2D eigenvalue weighted by Gasteiger charge is -2.29. The van der Waals surface area contributed by atoms with Gasteiger partial charge in [0.2, 0.25) is 0 Å². The molecular weight excluding hydrogens is 202 g/mol. The zero-order valence-corrected chi connectivity index (χ0v) is 10.0. The maximum absolute atomic E-state index is 11.4. The van der Waals surface area contributed by atoms with Gasteiger partial charge in [-0.25, -0.2) is 0 Å². The van der Waals surface area contributed by atoms with Crippen LogP contribution in [0, 0.1) is 6.92 Å². The number of nitrogens with zero attached hydrogens (tertiary/aromatic N) is 1. The van der Waals surface area contributed by atoms with Crippen molar-refractivity contribution in [2.45, 2.75) is 45.2 Å². The zero-order valence-electron chi connectivity index (χ0n) is 10.0. The van der Waals surface area contributed by atoms with E-state index in [1.54, 1.807) is 0 Å². The number of rotatable bonds is 3. The highest BCUT2D eigenvalue weighted by molar-refractivity contribution is 5.79. The first kappa shape index (κ1) is 11.4. The van der Waals surface area contributed by atoms with Gasteiger partial charge in [0.25, 0.3) is 0 Å². The smallest absolute Gasteiger partial charge is 0.134 e. The molecule has 1 saturated carbocycles. The highest BCUT2D eigenvalue weighted by atomic mass is 16.3. The normalized spacial score (nSPS) is 21.7. The van der Waals surface area contributed by atoms with Crippen LogP contribution in [0.1, 0.15) is 37.2 Å². The fourth-order valence-electron chi connectivity index (χ4n) is 2.32. The number of carbonyl (C=O) groups excluding carboxylic acids is 1. The van der Waals surface area contributed by atoms with E-state index >= 15 is 0 Å². The molecule has 88 valence electrons. The Labute approximate surface area is 96.4 Å². The molecule has 1 aromatic heterocycles. The first-order valence-electron chi connectivity index (χ1n) is 5.92. The van der Waals surface area contributed by atoms with E-state index in [1.807, 2.05) is 19.1 Å². The van der Waals surface area contributed by atoms with Gasteiger partial charge in [-0.05, 0) is 38.9 Å². The van der Waals surface area contributed by atoms with Crippen LogP contribution in [0.25, 0.3) is 0 Å². The minimum atomic E-state index is 0.395. The molecule has 1 aliphatic carbocycles. The van der Waals surface area contributed by atoms with E-state index in [0.29, 0.717) is 18.2 Å². The molecule has 1 unspecified atom stereocenters. The van der Waals surface area contributed by atoms with Crippen molar-refractivity contribution in [2.75, 3.05) is 7.05 Å². The first-order chi connectivity index (χ1) is 7.65. The van der Waals surface area contributed by atoms with Crippen LogP contribution < -0.4 is 0 Å². The molecule has 2 rings (SSSR count). The average molecular weight is 221 g/mol. The van der Waals surface area contributed by atoms with Crippen LogP contribution in [0.3, 0.4) is 0 Å².